The molecule has 2 N–H and O–H groups in total. The van der Waals surface area contributed by atoms with Gasteiger partial charge in [-0.2, -0.15) is 4.98 Å². The van der Waals surface area contributed by atoms with E-state index in [4.69, 9.17) is 11.6 Å². The van der Waals surface area contributed by atoms with Gasteiger partial charge in [0.05, 0.1) is 4.34 Å². The highest BCUT2D eigenvalue weighted by molar-refractivity contribution is 7.16. The van der Waals surface area contributed by atoms with Gasteiger partial charge in [-0.1, -0.05) is 11.6 Å². The second-order valence-corrected chi connectivity index (χ2v) is 5.48. The van der Waals surface area contributed by atoms with Crippen molar-refractivity contribution in [2.24, 2.45) is 0 Å². The normalized spacial score (nSPS) is 10.3. The van der Waals surface area contributed by atoms with Crippen LogP contribution in [0.2, 0.25) is 4.34 Å². The second kappa shape index (κ2) is 6.56. The first-order chi connectivity index (χ1) is 8.78. The van der Waals surface area contributed by atoms with E-state index < -0.39 is 0 Å². The SMILES string of the molecule is CCNc1nccc(NCCc2ccc(Cl)s2)n1. The molecule has 6 heteroatoms. The van der Waals surface area contributed by atoms with Crippen molar-refractivity contribution in [3.63, 3.8) is 0 Å². The molecule has 0 spiro atoms. The molecule has 96 valence electrons. The third-order valence-corrected chi connectivity index (χ3v) is 3.59. The van der Waals surface area contributed by atoms with Crippen LogP contribution < -0.4 is 10.6 Å². The molecule has 0 unspecified atom stereocenters. The number of anilines is 2. The number of aromatic nitrogens is 2. The molecular weight excluding hydrogens is 268 g/mol. The molecule has 0 aromatic carbocycles. The number of thiophene rings is 1. The lowest BCUT2D eigenvalue weighted by Gasteiger charge is -2.06. The molecule has 0 aliphatic rings. The zero-order chi connectivity index (χ0) is 12.8. The number of rotatable bonds is 6. The second-order valence-electron chi connectivity index (χ2n) is 3.68. The van der Waals surface area contributed by atoms with E-state index in [1.807, 2.05) is 19.1 Å². The standard InChI is InChI=1S/C12H15ClN4S/c1-2-14-12-16-8-6-11(17-12)15-7-5-9-3-4-10(13)18-9/h3-4,6,8H,2,5,7H2,1H3,(H2,14,15,16,17). The molecule has 0 bridgehead atoms. The van der Waals surface area contributed by atoms with E-state index in [2.05, 4.69) is 26.7 Å². The minimum Gasteiger partial charge on any atom is -0.370 e. The summed E-state index contributed by atoms with van der Waals surface area (Å²) in [6, 6.07) is 5.84. The van der Waals surface area contributed by atoms with Crippen molar-refractivity contribution >= 4 is 34.7 Å². The van der Waals surface area contributed by atoms with Crippen LogP contribution >= 0.6 is 22.9 Å². The fourth-order valence-corrected chi connectivity index (χ4v) is 2.59. The zero-order valence-electron chi connectivity index (χ0n) is 10.1. The van der Waals surface area contributed by atoms with Crippen LogP contribution in [0.15, 0.2) is 24.4 Å². The third kappa shape index (κ3) is 3.85. The molecule has 2 aromatic heterocycles. The van der Waals surface area contributed by atoms with Gasteiger partial charge in [-0.3, -0.25) is 0 Å². The van der Waals surface area contributed by atoms with Gasteiger partial charge in [0.25, 0.3) is 0 Å². The first kappa shape index (κ1) is 13.1. The molecule has 2 rings (SSSR count). The summed E-state index contributed by atoms with van der Waals surface area (Å²) in [6.07, 6.45) is 2.69. The van der Waals surface area contributed by atoms with E-state index in [9.17, 15) is 0 Å². The molecule has 0 amide bonds. The average Bonchev–Trinajstić information content (AvgIpc) is 2.76. The predicted molar refractivity (Wildman–Crippen MR) is 77.7 cm³/mol. The molecule has 4 nitrogen and oxygen atoms in total. The Morgan fingerprint density at radius 2 is 2.17 bits per heavy atom. The van der Waals surface area contributed by atoms with Crippen molar-refractivity contribution in [3.05, 3.63) is 33.6 Å². The fraction of sp³-hybridized carbons (Fsp3) is 0.333. The van der Waals surface area contributed by atoms with Crippen LogP contribution in [-0.2, 0) is 6.42 Å². The molecule has 2 aromatic rings. The summed E-state index contributed by atoms with van der Waals surface area (Å²) in [7, 11) is 0. The quantitative estimate of drug-likeness (QED) is 0.854. The van der Waals surface area contributed by atoms with E-state index in [-0.39, 0.29) is 0 Å². The van der Waals surface area contributed by atoms with Gasteiger partial charge in [0, 0.05) is 24.2 Å². The van der Waals surface area contributed by atoms with Gasteiger partial charge in [-0.05, 0) is 31.5 Å². The van der Waals surface area contributed by atoms with Gasteiger partial charge in [-0.25, -0.2) is 4.98 Å². The summed E-state index contributed by atoms with van der Waals surface area (Å²) in [6.45, 7) is 3.67. The Bertz CT molecular complexity index is 500. The summed E-state index contributed by atoms with van der Waals surface area (Å²) in [5, 5.41) is 6.36. The smallest absolute Gasteiger partial charge is 0.224 e. The number of halogens is 1. The highest BCUT2D eigenvalue weighted by Gasteiger charge is 2.00. The first-order valence-corrected chi connectivity index (χ1v) is 7.02. The Hall–Kier alpha value is -1.33. The first-order valence-electron chi connectivity index (χ1n) is 5.83. The maximum Gasteiger partial charge on any atom is 0.224 e. The summed E-state index contributed by atoms with van der Waals surface area (Å²) in [5.41, 5.74) is 0. The van der Waals surface area contributed by atoms with Crippen molar-refractivity contribution in [1.82, 2.24) is 9.97 Å². The van der Waals surface area contributed by atoms with Crippen LogP contribution in [0.1, 0.15) is 11.8 Å². The highest BCUT2D eigenvalue weighted by atomic mass is 35.5. The minimum absolute atomic E-state index is 0.654. The lowest BCUT2D eigenvalue weighted by Crippen LogP contribution is -2.08. The maximum absolute atomic E-state index is 5.88. The van der Waals surface area contributed by atoms with Gasteiger partial charge in [0.2, 0.25) is 5.95 Å². The molecule has 0 radical (unpaired) electrons. The van der Waals surface area contributed by atoms with E-state index in [0.29, 0.717) is 5.95 Å². The molecule has 2 heterocycles. The molecule has 0 aliphatic carbocycles. The number of nitrogens with zero attached hydrogens (tertiary/aromatic N) is 2. The number of hydrogen-bond donors (Lipinski definition) is 2. The molecule has 0 saturated carbocycles. The largest absolute Gasteiger partial charge is 0.370 e. The zero-order valence-corrected chi connectivity index (χ0v) is 11.7. The number of nitrogens with one attached hydrogen (secondary N) is 2. The minimum atomic E-state index is 0.654. The highest BCUT2D eigenvalue weighted by Crippen LogP contribution is 2.21. The lowest BCUT2D eigenvalue weighted by atomic mass is 10.3. The Morgan fingerprint density at radius 3 is 2.89 bits per heavy atom. The van der Waals surface area contributed by atoms with Crippen molar-refractivity contribution in [3.8, 4) is 0 Å². The third-order valence-electron chi connectivity index (χ3n) is 2.30. The van der Waals surface area contributed by atoms with Crippen molar-refractivity contribution in [2.45, 2.75) is 13.3 Å². The molecule has 0 atom stereocenters. The van der Waals surface area contributed by atoms with Crippen molar-refractivity contribution in [1.29, 1.82) is 0 Å². The molecule has 0 saturated heterocycles. The van der Waals surface area contributed by atoms with Crippen LogP contribution in [-0.4, -0.2) is 23.1 Å². The number of hydrogen-bond acceptors (Lipinski definition) is 5. The van der Waals surface area contributed by atoms with Crippen molar-refractivity contribution < 1.29 is 0 Å². The van der Waals surface area contributed by atoms with Gasteiger partial charge in [0.15, 0.2) is 0 Å². The Kier molecular flexibility index (Phi) is 4.78. The van der Waals surface area contributed by atoms with Crippen LogP contribution in [0.5, 0.6) is 0 Å². The summed E-state index contributed by atoms with van der Waals surface area (Å²) < 4.78 is 0.835. The van der Waals surface area contributed by atoms with Gasteiger partial charge in [0.1, 0.15) is 5.82 Å². The average molecular weight is 283 g/mol. The molecule has 0 aliphatic heterocycles. The van der Waals surface area contributed by atoms with Gasteiger partial charge in [-0.15, -0.1) is 11.3 Å². The summed E-state index contributed by atoms with van der Waals surface area (Å²) >= 11 is 7.50. The summed E-state index contributed by atoms with van der Waals surface area (Å²) in [4.78, 5) is 9.74. The monoisotopic (exact) mass is 282 g/mol. The maximum atomic E-state index is 5.88. The van der Waals surface area contributed by atoms with E-state index in [0.717, 1.165) is 29.7 Å². The Balaban J connectivity index is 1.84. The van der Waals surface area contributed by atoms with Crippen LogP contribution in [0.3, 0.4) is 0 Å². The van der Waals surface area contributed by atoms with Crippen molar-refractivity contribution in [2.75, 3.05) is 23.7 Å². The van der Waals surface area contributed by atoms with E-state index >= 15 is 0 Å². The van der Waals surface area contributed by atoms with E-state index in [1.165, 1.54) is 4.88 Å². The van der Waals surface area contributed by atoms with Gasteiger partial charge >= 0.3 is 0 Å². The van der Waals surface area contributed by atoms with Gasteiger partial charge < -0.3 is 10.6 Å². The topological polar surface area (TPSA) is 49.8 Å². The van der Waals surface area contributed by atoms with Crippen LogP contribution in [0.25, 0.3) is 0 Å². The van der Waals surface area contributed by atoms with Crippen LogP contribution in [0.4, 0.5) is 11.8 Å². The van der Waals surface area contributed by atoms with E-state index in [1.54, 1.807) is 17.5 Å². The molecule has 0 fully saturated rings. The predicted octanol–water partition coefficient (Wildman–Crippen LogP) is 3.28. The molecule has 18 heavy (non-hydrogen) atoms. The Morgan fingerprint density at radius 1 is 1.28 bits per heavy atom. The lowest BCUT2D eigenvalue weighted by molar-refractivity contribution is 1.01. The summed E-state index contributed by atoms with van der Waals surface area (Å²) in [5.74, 6) is 1.49. The Labute approximate surface area is 115 Å². The molecular formula is C12H15ClN4S. The van der Waals surface area contributed by atoms with Crippen LogP contribution in [0, 0.1) is 0 Å². The fourth-order valence-electron chi connectivity index (χ4n) is 1.50.